The SMILES string of the molecule is Cc1ccc(C(=O)N2CCC[C@H](CC(N)=O)C2)c(Cl)c1. The highest BCUT2D eigenvalue weighted by molar-refractivity contribution is 6.33. The second-order valence-electron chi connectivity index (χ2n) is 5.41. The van der Waals surface area contributed by atoms with E-state index in [0.717, 1.165) is 18.4 Å². The summed E-state index contributed by atoms with van der Waals surface area (Å²) in [5.74, 6) is -0.212. The number of nitrogens with zero attached hydrogens (tertiary/aromatic N) is 1. The quantitative estimate of drug-likeness (QED) is 0.930. The summed E-state index contributed by atoms with van der Waals surface area (Å²) >= 11 is 6.14. The van der Waals surface area contributed by atoms with E-state index in [2.05, 4.69) is 0 Å². The molecule has 108 valence electrons. The average Bonchev–Trinajstić information content (AvgIpc) is 2.37. The molecule has 1 atom stereocenters. The Hall–Kier alpha value is -1.55. The van der Waals surface area contributed by atoms with Gasteiger partial charge in [0.15, 0.2) is 0 Å². The molecule has 0 spiro atoms. The summed E-state index contributed by atoms with van der Waals surface area (Å²) in [7, 11) is 0. The maximum atomic E-state index is 12.5. The van der Waals surface area contributed by atoms with Crippen LogP contribution in [0.5, 0.6) is 0 Å². The highest BCUT2D eigenvalue weighted by Gasteiger charge is 2.26. The summed E-state index contributed by atoms with van der Waals surface area (Å²) < 4.78 is 0. The lowest BCUT2D eigenvalue weighted by atomic mass is 9.94. The van der Waals surface area contributed by atoms with Crippen molar-refractivity contribution in [3.63, 3.8) is 0 Å². The normalized spacial score (nSPS) is 18.9. The number of hydrogen-bond donors (Lipinski definition) is 1. The maximum absolute atomic E-state index is 12.5. The molecular formula is C15H19ClN2O2. The van der Waals surface area contributed by atoms with E-state index < -0.39 is 0 Å². The standard InChI is InChI=1S/C15H19ClN2O2/c1-10-4-5-12(13(16)7-10)15(20)18-6-2-3-11(9-18)8-14(17)19/h4-5,7,11H,2-3,6,8-9H2,1H3,(H2,17,19)/t11-/m1/s1. The van der Waals surface area contributed by atoms with Gasteiger partial charge in [-0.05, 0) is 43.4 Å². The van der Waals surface area contributed by atoms with Gasteiger partial charge in [0.1, 0.15) is 0 Å². The summed E-state index contributed by atoms with van der Waals surface area (Å²) in [6, 6.07) is 5.43. The van der Waals surface area contributed by atoms with Crippen molar-refractivity contribution in [2.75, 3.05) is 13.1 Å². The second-order valence-corrected chi connectivity index (χ2v) is 5.82. The van der Waals surface area contributed by atoms with Crippen LogP contribution in [0, 0.1) is 12.8 Å². The first-order chi connectivity index (χ1) is 9.47. The number of nitrogens with two attached hydrogens (primary N) is 1. The molecule has 1 aliphatic rings. The first kappa shape index (κ1) is 14.9. The molecule has 1 heterocycles. The van der Waals surface area contributed by atoms with Gasteiger partial charge in [0.25, 0.3) is 5.91 Å². The fraction of sp³-hybridized carbons (Fsp3) is 0.467. The molecule has 1 fully saturated rings. The van der Waals surface area contributed by atoms with Gasteiger partial charge >= 0.3 is 0 Å². The Labute approximate surface area is 123 Å². The van der Waals surface area contributed by atoms with Crippen molar-refractivity contribution in [3.8, 4) is 0 Å². The van der Waals surface area contributed by atoms with Gasteiger partial charge in [-0.25, -0.2) is 0 Å². The van der Waals surface area contributed by atoms with Crippen LogP contribution in [-0.2, 0) is 4.79 Å². The van der Waals surface area contributed by atoms with Crippen molar-refractivity contribution >= 4 is 23.4 Å². The van der Waals surface area contributed by atoms with Crippen molar-refractivity contribution in [1.82, 2.24) is 4.90 Å². The molecule has 0 saturated carbocycles. The monoisotopic (exact) mass is 294 g/mol. The molecule has 1 saturated heterocycles. The minimum atomic E-state index is -0.308. The lowest BCUT2D eigenvalue weighted by molar-refractivity contribution is -0.119. The third kappa shape index (κ3) is 3.51. The Balaban J connectivity index is 2.10. The molecule has 4 nitrogen and oxygen atoms in total. The first-order valence-electron chi connectivity index (χ1n) is 6.81. The maximum Gasteiger partial charge on any atom is 0.255 e. The molecule has 0 aliphatic carbocycles. The molecule has 0 bridgehead atoms. The molecule has 0 unspecified atom stereocenters. The van der Waals surface area contributed by atoms with Gasteiger partial charge in [0, 0.05) is 19.5 Å². The van der Waals surface area contributed by atoms with Crippen LogP contribution in [0.4, 0.5) is 0 Å². The molecular weight excluding hydrogens is 276 g/mol. The minimum Gasteiger partial charge on any atom is -0.370 e. The van der Waals surface area contributed by atoms with Crippen LogP contribution in [-0.4, -0.2) is 29.8 Å². The summed E-state index contributed by atoms with van der Waals surface area (Å²) in [5, 5.41) is 0.479. The molecule has 2 amide bonds. The number of piperidine rings is 1. The van der Waals surface area contributed by atoms with Gasteiger partial charge < -0.3 is 10.6 Å². The van der Waals surface area contributed by atoms with E-state index in [1.54, 1.807) is 17.0 Å². The van der Waals surface area contributed by atoms with Crippen LogP contribution in [0.3, 0.4) is 0 Å². The van der Waals surface area contributed by atoms with E-state index in [1.165, 1.54) is 0 Å². The molecule has 2 rings (SSSR count). The lowest BCUT2D eigenvalue weighted by Crippen LogP contribution is -2.41. The van der Waals surface area contributed by atoms with Crippen molar-refractivity contribution in [1.29, 1.82) is 0 Å². The Morgan fingerprint density at radius 2 is 2.20 bits per heavy atom. The van der Waals surface area contributed by atoms with Crippen LogP contribution in [0.2, 0.25) is 5.02 Å². The van der Waals surface area contributed by atoms with Crippen LogP contribution in [0.15, 0.2) is 18.2 Å². The largest absolute Gasteiger partial charge is 0.370 e. The predicted octanol–water partition coefficient (Wildman–Crippen LogP) is 2.38. The van der Waals surface area contributed by atoms with Crippen LogP contribution in [0.1, 0.15) is 35.2 Å². The Kier molecular flexibility index (Phi) is 4.65. The highest BCUT2D eigenvalue weighted by atomic mass is 35.5. The first-order valence-corrected chi connectivity index (χ1v) is 7.19. The van der Waals surface area contributed by atoms with E-state index >= 15 is 0 Å². The van der Waals surface area contributed by atoms with Gasteiger partial charge in [0.2, 0.25) is 5.91 Å². The third-order valence-corrected chi connectivity index (χ3v) is 3.96. The van der Waals surface area contributed by atoms with Crippen LogP contribution < -0.4 is 5.73 Å². The Bertz CT molecular complexity index is 531. The van der Waals surface area contributed by atoms with Gasteiger partial charge in [-0.2, -0.15) is 0 Å². The van der Waals surface area contributed by atoms with Crippen molar-refractivity contribution < 1.29 is 9.59 Å². The van der Waals surface area contributed by atoms with E-state index in [9.17, 15) is 9.59 Å². The van der Waals surface area contributed by atoms with Crippen LogP contribution >= 0.6 is 11.6 Å². The number of rotatable bonds is 3. The number of carbonyl (C=O) groups excluding carboxylic acids is 2. The molecule has 20 heavy (non-hydrogen) atoms. The molecule has 5 heteroatoms. The minimum absolute atomic E-state index is 0.0656. The zero-order chi connectivity index (χ0) is 14.7. The zero-order valence-corrected chi connectivity index (χ0v) is 12.3. The number of primary amides is 1. The van der Waals surface area contributed by atoms with Gasteiger partial charge in [-0.15, -0.1) is 0 Å². The van der Waals surface area contributed by atoms with Gasteiger partial charge in [-0.1, -0.05) is 17.7 Å². The summed E-state index contributed by atoms with van der Waals surface area (Å²) in [5.41, 5.74) is 6.78. The lowest BCUT2D eigenvalue weighted by Gasteiger charge is -2.32. The topological polar surface area (TPSA) is 63.4 Å². The number of aryl methyl sites for hydroxylation is 1. The highest BCUT2D eigenvalue weighted by Crippen LogP contribution is 2.24. The second kappa shape index (κ2) is 6.27. The number of hydrogen-bond acceptors (Lipinski definition) is 2. The fourth-order valence-corrected chi connectivity index (χ4v) is 2.98. The molecule has 1 aromatic rings. The summed E-state index contributed by atoms with van der Waals surface area (Å²) in [4.78, 5) is 25.3. The van der Waals surface area contributed by atoms with E-state index in [1.807, 2.05) is 13.0 Å². The molecule has 0 radical (unpaired) electrons. The molecule has 1 aliphatic heterocycles. The Morgan fingerprint density at radius 1 is 1.45 bits per heavy atom. The van der Waals surface area contributed by atoms with Crippen molar-refractivity contribution in [2.24, 2.45) is 11.7 Å². The van der Waals surface area contributed by atoms with Crippen molar-refractivity contribution in [2.45, 2.75) is 26.2 Å². The van der Waals surface area contributed by atoms with E-state index in [0.29, 0.717) is 30.1 Å². The molecule has 0 aromatic heterocycles. The summed E-state index contributed by atoms with van der Waals surface area (Å²) in [6.07, 6.45) is 2.17. The van der Waals surface area contributed by atoms with Crippen LogP contribution in [0.25, 0.3) is 0 Å². The smallest absolute Gasteiger partial charge is 0.255 e. The zero-order valence-electron chi connectivity index (χ0n) is 11.6. The number of benzene rings is 1. The van der Waals surface area contributed by atoms with Crippen molar-refractivity contribution in [3.05, 3.63) is 34.3 Å². The number of likely N-dealkylation sites (tertiary alicyclic amines) is 1. The number of amides is 2. The van der Waals surface area contributed by atoms with E-state index in [4.69, 9.17) is 17.3 Å². The predicted molar refractivity (Wildman–Crippen MR) is 78.6 cm³/mol. The number of halogens is 1. The molecule has 2 N–H and O–H groups in total. The van der Waals surface area contributed by atoms with E-state index in [-0.39, 0.29) is 17.7 Å². The fourth-order valence-electron chi connectivity index (χ4n) is 2.66. The summed E-state index contributed by atoms with van der Waals surface area (Å²) in [6.45, 7) is 3.22. The average molecular weight is 295 g/mol. The van der Waals surface area contributed by atoms with Gasteiger partial charge in [-0.3, -0.25) is 9.59 Å². The third-order valence-electron chi connectivity index (χ3n) is 3.65. The van der Waals surface area contributed by atoms with Gasteiger partial charge in [0.05, 0.1) is 10.6 Å². The number of carbonyl (C=O) groups is 2. The Morgan fingerprint density at radius 3 is 2.85 bits per heavy atom. The molecule has 1 aromatic carbocycles.